The fourth-order valence-electron chi connectivity index (χ4n) is 2.93. The monoisotopic (exact) mass is 251 g/mol. The summed E-state index contributed by atoms with van der Waals surface area (Å²) in [7, 11) is 0. The summed E-state index contributed by atoms with van der Waals surface area (Å²) in [5, 5.41) is 12.6. The van der Waals surface area contributed by atoms with Crippen molar-refractivity contribution in [3.63, 3.8) is 0 Å². The third-order valence-electron chi connectivity index (χ3n) is 3.89. The Morgan fingerprint density at radius 1 is 1.11 bits per heavy atom. The van der Waals surface area contributed by atoms with Gasteiger partial charge in [-0.15, -0.1) is 0 Å². The van der Waals surface area contributed by atoms with Gasteiger partial charge in [0.1, 0.15) is 0 Å². The van der Waals surface area contributed by atoms with Crippen molar-refractivity contribution in [1.29, 1.82) is 0 Å². The second kappa shape index (κ2) is 4.88. The van der Waals surface area contributed by atoms with Crippen molar-refractivity contribution in [2.45, 2.75) is 25.7 Å². The van der Waals surface area contributed by atoms with Gasteiger partial charge < -0.3 is 5.21 Å². The minimum atomic E-state index is 0.405. The van der Waals surface area contributed by atoms with E-state index in [4.69, 9.17) is 0 Å². The predicted molar refractivity (Wildman–Crippen MR) is 77.0 cm³/mol. The molecule has 0 aromatic heterocycles. The molecule has 2 aromatic rings. The number of oxime groups is 1. The highest BCUT2D eigenvalue weighted by Crippen LogP contribution is 2.37. The maximum atomic E-state index is 9.17. The standard InChI is InChI=1S/C17H17NO/c1-12-7-8-15-14(13-5-3-2-4-6-13)9-10-17(18-19)16(15)11-12/h2-8,11,14,19H,9-10H2,1H3. The zero-order valence-corrected chi connectivity index (χ0v) is 11.0. The van der Waals surface area contributed by atoms with E-state index in [1.807, 2.05) is 6.07 Å². The Bertz CT molecular complexity index is 616. The highest BCUT2D eigenvalue weighted by Gasteiger charge is 2.25. The quantitative estimate of drug-likeness (QED) is 0.600. The molecule has 19 heavy (non-hydrogen) atoms. The topological polar surface area (TPSA) is 32.6 Å². The smallest absolute Gasteiger partial charge is 0.0871 e. The van der Waals surface area contributed by atoms with Gasteiger partial charge in [-0.25, -0.2) is 0 Å². The van der Waals surface area contributed by atoms with Crippen molar-refractivity contribution in [3.8, 4) is 0 Å². The van der Waals surface area contributed by atoms with Crippen LogP contribution in [0.5, 0.6) is 0 Å². The molecular weight excluding hydrogens is 234 g/mol. The van der Waals surface area contributed by atoms with E-state index in [9.17, 15) is 5.21 Å². The molecule has 0 saturated carbocycles. The lowest BCUT2D eigenvalue weighted by Crippen LogP contribution is -2.17. The van der Waals surface area contributed by atoms with Gasteiger partial charge in [0.15, 0.2) is 0 Å². The number of hydrogen-bond donors (Lipinski definition) is 1. The Labute approximate surface area is 113 Å². The molecule has 1 atom stereocenters. The van der Waals surface area contributed by atoms with Crippen LogP contribution in [0.3, 0.4) is 0 Å². The largest absolute Gasteiger partial charge is 0.411 e. The number of rotatable bonds is 1. The number of aryl methyl sites for hydroxylation is 1. The molecule has 0 radical (unpaired) electrons. The summed E-state index contributed by atoms with van der Waals surface area (Å²) in [5.74, 6) is 0.405. The molecule has 2 nitrogen and oxygen atoms in total. The Morgan fingerprint density at radius 2 is 1.89 bits per heavy atom. The molecule has 1 unspecified atom stereocenters. The van der Waals surface area contributed by atoms with Crippen LogP contribution in [0.2, 0.25) is 0 Å². The fraction of sp³-hybridized carbons (Fsp3) is 0.235. The number of nitrogens with zero attached hydrogens (tertiary/aromatic N) is 1. The molecule has 0 amide bonds. The maximum absolute atomic E-state index is 9.17. The van der Waals surface area contributed by atoms with Crippen molar-refractivity contribution in [3.05, 3.63) is 70.8 Å². The lowest BCUT2D eigenvalue weighted by Gasteiger charge is -2.26. The van der Waals surface area contributed by atoms with E-state index in [-0.39, 0.29) is 0 Å². The van der Waals surface area contributed by atoms with Gasteiger partial charge in [-0.1, -0.05) is 53.2 Å². The summed E-state index contributed by atoms with van der Waals surface area (Å²) in [6.45, 7) is 2.07. The van der Waals surface area contributed by atoms with E-state index < -0.39 is 0 Å². The van der Waals surface area contributed by atoms with Crippen LogP contribution in [0.4, 0.5) is 0 Å². The molecule has 96 valence electrons. The summed E-state index contributed by atoms with van der Waals surface area (Å²) >= 11 is 0. The molecule has 2 aromatic carbocycles. The van der Waals surface area contributed by atoms with Gasteiger partial charge in [-0.05, 0) is 37.0 Å². The highest BCUT2D eigenvalue weighted by molar-refractivity contribution is 6.03. The van der Waals surface area contributed by atoms with Crippen LogP contribution >= 0.6 is 0 Å². The Hall–Kier alpha value is -2.09. The summed E-state index contributed by atoms with van der Waals surface area (Å²) in [4.78, 5) is 0. The van der Waals surface area contributed by atoms with E-state index in [0.29, 0.717) is 5.92 Å². The van der Waals surface area contributed by atoms with E-state index in [2.05, 4.69) is 54.5 Å². The fourth-order valence-corrected chi connectivity index (χ4v) is 2.93. The van der Waals surface area contributed by atoms with Gasteiger partial charge in [-0.3, -0.25) is 0 Å². The Kier molecular flexibility index (Phi) is 3.08. The second-order valence-electron chi connectivity index (χ2n) is 5.14. The predicted octanol–water partition coefficient (Wildman–Crippen LogP) is 4.10. The third-order valence-corrected chi connectivity index (χ3v) is 3.89. The third kappa shape index (κ3) is 2.14. The molecule has 1 N–H and O–H groups in total. The van der Waals surface area contributed by atoms with Gasteiger partial charge >= 0.3 is 0 Å². The van der Waals surface area contributed by atoms with Gasteiger partial charge in [0.25, 0.3) is 0 Å². The van der Waals surface area contributed by atoms with Gasteiger partial charge in [0, 0.05) is 11.5 Å². The SMILES string of the molecule is Cc1ccc2c(c1)C(=NO)CCC2c1ccccc1. The van der Waals surface area contributed by atoms with Gasteiger partial charge in [0.2, 0.25) is 0 Å². The summed E-state index contributed by atoms with van der Waals surface area (Å²) < 4.78 is 0. The summed E-state index contributed by atoms with van der Waals surface area (Å²) in [6.07, 6.45) is 1.83. The van der Waals surface area contributed by atoms with E-state index in [1.54, 1.807) is 0 Å². The van der Waals surface area contributed by atoms with Crippen molar-refractivity contribution in [2.75, 3.05) is 0 Å². The van der Waals surface area contributed by atoms with E-state index in [0.717, 1.165) is 24.1 Å². The van der Waals surface area contributed by atoms with Crippen LogP contribution in [0.1, 0.15) is 41.0 Å². The molecule has 0 saturated heterocycles. The Morgan fingerprint density at radius 3 is 2.63 bits per heavy atom. The van der Waals surface area contributed by atoms with Crippen molar-refractivity contribution >= 4 is 5.71 Å². The molecule has 0 heterocycles. The minimum Gasteiger partial charge on any atom is -0.411 e. The normalized spacial score (nSPS) is 20.3. The first-order chi connectivity index (χ1) is 9.29. The molecule has 2 heteroatoms. The molecule has 0 spiro atoms. The zero-order valence-electron chi connectivity index (χ0n) is 11.0. The van der Waals surface area contributed by atoms with E-state index >= 15 is 0 Å². The van der Waals surface area contributed by atoms with Crippen molar-refractivity contribution in [1.82, 2.24) is 0 Å². The first kappa shape index (κ1) is 12.0. The molecule has 0 fully saturated rings. The first-order valence-electron chi connectivity index (χ1n) is 6.66. The molecule has 0 bridgehead atoms. The average Bonchev–Trinajstić information content (AvgIpc) is 2.47. The summed E-state index contributed by atoms with van der Waals surface area (Å²) in [6, 6.07) is 17.0. The lowest BCUT2D eigenvalue weighted by molar-refractivity contribution is 0.317. The Balaban J connectivity index is 2.12. The van der Waals surface area contributed by atoms with Crippen LogP contribution < -0.4 is 0 Å². The number of hydrogen-bond acceptors (Lipinski definition) is 2. The van der Waals surface area contributed by atoms with Crippen LogP contribution in [0.25, 0.3) is 0 Å². The van der Waals surface area contributed by atoms with Gasteiger partial charge in [0.05, 0.1) is 5.71 Å². The van der Waals surface area contributed by atoms with Crippen LogP contribution in [0.15, 0.2) is 53.7 Å². The molecule has 1 aliphatic rings. The number of fused-ring (bicyclic) bond motifs is 1. The van der Waals surface area contributed by atoms with Crippen LogP contribution in [-0.4, -0.2) is 10.9 Å². The summed E-state index contributed by atoms with van der Waals surface area (Å²) in [5.41, 5.74) is 5.72. The molecule has 0 aliphatic heterocycles. The number of benzene rings is 2. The van der Waals surface area contributed by atoms with Crippen LogP contribution in [-0.2, 0) is 0 Å². The van der Waals surface area contributed by atoms with Gasteiger partial charge in [-0.2, -0.15) is 0 Å². The highest BCUT2D eigenvalue weighted by atomic mass is 16.4. The maximum Gasteiger partial charge on any atom is 0.0871 e. The van der Waals surface area contributed by atoms with Crippen LogP contribution in [0, 0.1) is 6.92 Å². The molecule has 1 aliphatic carbocycles. The lowest BCUT2D eigenvalue weighted by atomic mass is 9.77. The molecular formula is C17H17NO. The van der Waals surface area contributed by atoms with Crippen molar-refractivity contribution < 1.29 is 5.21 Å². The molecule has 3 rings (SSSR count). The minimum absolute atomic E-state index is 0.405. The van der Waals surface area contributed by atoms with Crippen molar-refractivity contribution in [2.24, 2.45) is 5.16 Å². The first-order valence-corrected chi connectivity index (χ1v) is 6.66. The van der Waals surface area contributed by atoms with E-state index in [1.165, 1.54) is 16.7 Å². The average molecular weight is 251 g/mol. The second-order valence-corrected chi connectivity index (χ2v) is 5.14. The zero-order chi connectivity index (χ0) is 13.2.